The highest BCUT2D eigenvalue weighted by molar-refractivity contribution is 8.00. The molecule has 0 saturated heterocycles. The number of nitrogens with one attached hydrogen (secondary N) is 1. The minimum absolute atomic E-state index is 0.0994. The highest BCUT2D eigenvalue weighted by Gasteiger charge is 2.46. The lowest BCUT2D eigenvalue weighted by Crippen LogP contribution is -2.51. The second-order valence-electron chi connectivity index (χ2n) is 7.75. The maximum absolute atomic E-state index is 12.9. The van der Waals surface area contributed by atoms with Gasteiger partial charge in [0.05, 0.1) is 23.3 Å². The van der Waals surface area contributed by atoms with E-state index >= 15 is 0 Å². The number of thioether (sulfide) groups is 1. The summed E-state index contributed by atoms with van der Waals surface area (Å²) in [6.07, 6.45) is -2.38. The number of methoxy groups -OCH3 is 1. The van der Waals surface area contributed by atoms with Gasteiger partial charge >= 0.3 is 0 Å². The molecule has 11 heteroatoms. The monoisotopic (exact) mass is 493 g/mol. The number of thiophene rings is 1. The van der Waals surface area contributed by atoms with Gasteiger partial charge in [-0.2, -0.15) is 0 Å². The maximum atomic E-state index is 12.9. The number of hydrogen-bond donors (Lipinski definition) is 2. The molecule has 7 nitrogen and oxygen atoms in total. The van der Waals surface area contributed by atoms with Gasteiger partial charge in [-0.05, 0) is 37.3 Å². The second-order valence-corrected chi connectivity index (χ2v) is 9.82. The summed E-state index contributed by atoms with van der Waals surface area (Å²) >= 11 is 2.27. The number of aromatic nitrogens is 2. The summed E-state index contributed by atoms with van der Waals surface area (Å²) in [6, 6.07) is 7.85. The summed E-state index contributed by atoms with van der Waals surface area (Å²) in [7, 11) is 1.57. The van der Waals surface area contributed by atoms with Crippen molar-refractivity contribution in [3.05, 3.63) is 45.9 Å². The predicted molar refractivity (Wildman–Crippen MR) is 121 cm³/mol. The Labute approximate surface area is 196 Å². The Bertz CT molecular complexity index is 1210. The first-order valence-electron chi connectivity index (χ1n) is 10.1. The minimum atomic E-state index is -2.76. The first-order chi connectivity index (χ1) is 15.6. The van der Waals surface area contributed by atoms with E-state index in [0.717, 1.165) is 22.2 Å². The zero-order valence-electron chi connectivity index (χ0n) is 17.8. The highest BCUT2D eigenvalue weighted by Crippen LogP contribution is 2.38. The smallest absolute Gasteiger partial charge is 0.254 e. The number of ketones is 1. The number of aliphatic hydroxyl groups excluding tert-OH is 1. The fourth-order valence-electron chi connectivity index (χ4n) is 3.45. The fraction of sp³-hybridized carbons (Fsp3) is 0.364. The van der Waals surface area contributed by atoms with Crippen molar-refractivity contribution in [3.8, 4) is 5.75 Å². The molecule has 0 spiro atoms. The number of aliphatic hydroxyl groups is 1. The van der Waals surface area contributed by atoms with Gasteiger partial charge in [-0.1, -0.05) is 11.8 Å². The summed E-state index contributed by atoms with van der Waals surface area (Å²) in [5, 5.41) is 14.1. The van der Waals surface area contributed by atoms with Crippen LogP contribution < -0.4 is 10.1 Å². The average molecular weight is 494 g/mol. The summed E-state index contributed by atoms with van der Waals surface area (Å²) in [4.78, 5) is 34.4. The van der Waals surface area contributed by atoms with E-state index < -0.39 is 36.8 Å². The number of benzene rings is 1. The van der Waals surface area contributed by atoms with Crippen LogP contribution in [0.4, 0.5) is 8.78 Å². The molecule has 2 heterocycles. The van der Waals surface area contributed by atoms with E-state index in [4.69, 9.17) is 4.74 Å². The van der Waals surface area contributed by atoms with E-state index in [-0.39, 0.29) is 16.4 Å². The summed E-state index contributed by atoms with van der Waals surface area (Å²) < 4.78 is 31.1. The Morgan fingerprint density at radius 1 is 1.30 bits per heavy atom. The molecule has 0 aliphatic heterocycles. The van der Waals surface area contributed by atoms with Crippen molar-refractivity contribution in [2.45, 2.75) is 42.9 Å². The first-order valence-corrected chi connectivity index (χ1v) is 11.9. The standard InChI is InChI=1S/C22H21F2N3O4S2/c1-11-25-15-4-3-13(31-2)7-14(15)21(26-11)32-10-16(28)17-5-6-18(33-17)19(29)20(30)27-12-8-22(23,24)9-12/h3-7,12,19,29H,8-10H2,1-2H3,(H,27,30)/t19-/m0/s1. The van der Waals surface area contributed by atoms with Crippen LogP contribution in [0.3, 0.4) is 0 Å². The fourth-order valence-corrected chi connectivity index (χ4v) is 5.42. The van der Waals surface area contributed by atoms with E-state index in [2.05, 4.69) is 15.3 Å². The molecule has 2 N–H and O–H groups in total. The molecule has 0 bridgehead atoms. The number of alkyl halides is 2. The van der Waals surface area contributed by atoms with Gasteiger partial charge in [-0.15, -0.1) is 11.3 Å². The molecule has 174 valence electrons. The third-order valence-electron chi connectivity index (χ3n) is 5.18. The minimum Gasteiger partial charge on any atom is -0.497 e. The third kappa shape index (κ3) is 5.31. The zero-order chi connectivity index (χ0) is 23.8. The number of halogens is 2. The number of fused-ring (bicyclic) bond motifs is 1. The van der Waals surface area contributed by atoms with Crippen LogP contribution in [0.15, 0.2) is 35.4 Å². The van der Waals surface area contributed by atoms with Crippen LogP contribution in [0.5, 0.6) is 5.75 Å². The predicted octanol–water partition coefficient (Wildman–Crippen LogP) is 3.93. The van der Waals surface area contributed by atoms with E-state index in [1.165, 1.54) is 17.8 Å². The van der Waals surface area contributed by atoms with E-state index in [0.29, 0.717) is 21.5 Å². The molecule has 1 aliphatic rings. The molecule has 0 radical (unpaired) electrons. The zero-order valence-corrected chi connectivity index (χ0v) is 19.4. The molecule has 33 heavy (non-hydrogen) atoms. The van der Waals surface area contributed by atoms with Crippen molar-refractivity contribution in [1.82, 2.24) is 15.3 Å². The molecular formula is C22H21F2N3O4S2. The number of amides is 1. The number of hydrogen-bond acceptors (Lipinski definition) is 8. The van der Waals surface area contributed by atoms with Gasteiger partial charge < -0.3 is 15.2 Å². The largest absolute Gasteiger partial charge is 0.497 e. The number of carbonyl (C=O) groups is 2. The van der Waals surface area contributed by atoms with Crippen molar-refractivity contribution in [3.63, 3.8) is 0 Å². The van der Waals surface area contributed by atoms with Crippen molar-refractivity contribution < 1.29 is 28.2 Å². The van der Waals surface area contributed by atoms with Gasteiger partial charge in [0.1, 0.15) is 16.6 Å². The molecule has 1 aromatic carbocycles. The molecule has 1 amide bonds. The normalized spacial score (nSPS) is 16.3. The summed E-state index contributed by atoms with van der Waals surface area (Å²) in [5.74, 6) is -2.36. The van der Waals surface area contributed by atoms with Gasteiger partial charge in [-0.3, -0.25) is 9.59 Å². The molecule has 1 saturated carbocycles. The Hall–Kier alpha value is -2.63. The molecule has 0 unspecified atom stereocenters. The number of ether oxygens (including phenoxy) is 1. The molecule has 4 rings (SSSR count). The van der Waals surface area contributed by atoms with E-state index in [1.807, 2.05) is 12.1 Å². The van der Waals surface area contributed by atoms with E-state index in [1.54, 1.807) is 26.2 Å². The number of rotatable bonds is 8. The molecule has 1 atom stereocenters. The van der Waals surface area contributed by atoms with Crippen molar-refractivity contribution in [1.29, 1.82) is 0 Å². The molecular weight excluding hydrogens is 472 g/mol. The van der Waals surface area contributed by atoms with Crippen LogP contribution >= 0.6 is 23.1 Å². The highest BCUT2D eigenvalue weighted by atomic mass is 32.2. The lowest BCUT2D eigenvalue weighted by atomic mass is 9.88. The SMILES string of the molecule is COc1ccc2nc(C)nc(SCC(=O)c3ccc([C@H](O)C(=O)NC4CC(F)(F)C4)s3)c2c1. The van der Waals surface area contributed by atoms with Crippen molar-refractivity contribution in [2.24, 2.45) is 0 Å². The summed E-state index contributed by atoms with van der Waals surface area (Å²) in [6.45, 7) is 1.78. The first kappa shape index (κ1) is 23.5. The van der Waals surface area contributed by atoms with Crippen LogP contribution in [0.2, 0.25) is 0 Å². The second kappa shape index (κ2) is 9.32. The average Bonchev–Trinajstić information content (AvgIpc) is 3.25. The van der Waals surface area contributed by atoms with Crippen molar-refractivity contribution in [2.75, 3.05) is 12.9 Å². The third-order valence-corrected chi connectivity index (χ3v) is 7.35. The van der Waals surface area contributed by atoms with Gasteiger partial charge in [-0.25, -0.2) is 18.7 Å². The summed E-state index contributed by atoms with van der Waals surface area (Å²) in [5.41, 5.74) is 0.745. The van der Waals surface area contributed by atoms with Gasteiger partial charge in [0, 0.05) is 29.1 Å². The molecule has 3 aromatic rings. The number of aryl methyl sites for hydroxylation is 1. The van der Waals surface area contributed by atoms with Crippen LogP contribution in [0.25, 0.3) is 10.9 Å². The quantitative estimate of drug-likeness (QED) is 0.279. The molecule has 2 aromatic heterocycles. The van der Waals surface area contributed by atoms with Gasteiger partial charge in [0.25, 0.3) is 11.8 Å². The van der Waals surface area contributed by atoms with Gasteiger partial charge in [0.15, 0.2) is 11.9 Å². The van der Waals surface area contributed by atoms with E-state index in [9.17, 15) is 23.5 Å². The molecule has 1 fully saturated rings. The molecule has 1 aliphatic carbocycles. The number of Topliss-reactive ketones (excluding diaryl/α,β-unsaturated/α-hetero) is 1. The van der Waals surface area contributed by atoms with Crippen LogP contribution in [-0.2, 0) is 4.79 Å². The Morgan fingerprint density at radius 2 is 2.06 bits per heavy atom. The lowest BCUT2D eigenvalue weighted by Gasteiger charge is -2.35. The van der Waals surface area contributed by atoms with Crippen molar-refractivity contribution >= 4 is 45.7 Å². The Morgan fingerprint density at radius 3 is 2.76 bits per heavy atom. The Kier molecular flexibility index (Phi) is 6.64. The topological polar surface area (TPSA) is 101 Å². The van der Waals surface area contributed by atoms with Gasteiger partial charge in [0.2, 0.25) is 0 Å². The van der Waals surface area contributed by atoms with Crippen LogP contribution in [0.1, 0.15) is 39.3 Å². The maximum Gasteiger partial charge on any atom is 0.254 e. The number of carbonyl (C=O) groups excluding carboxylic acids is 2. The van der Waals surface area contributed by atoms with Crippen LogP contribution in [-0.4, -0.2) is 51.6 Å². The number of nitrogens with zero attached hydrogens (tertiary/aromatic N) is 2. The van der Waals surface area contributed by atoms with Crippen LogP contribution in [0, 0.1) is 6.92 Å². The Balaban J connectivity index is 1.40. The lowest BCUT2D eigenvalue weighted by molar-refractivity contribution is -0.136.